The van der Waals surface area contributed by atoms with Crippen LogP contribution in [0.15, 0.2) is 102 Å². The van der Waals surface area contributed by atoms with Gasteiger partial charge in [-0.2, -0.15) is 0 Å². The number of nitrogens with one attached hydrogen (secondary N) is 2. The van der Waals surface area contributed by atoms with E-state index < -0.39 is 6.29 Å². The zero-order chi connectivity index (χ0) is 33.9. The quantitative estimate of drug-likeness (QED) is 0.162. The number of piperidine rings is 1. The fourth-order valence-corrected chi connectivity index (χ4v) is 6.96. The minimum absolute atomic E-state index is 0.0330. The number of carbonyl (C=O) groups is 2. The minimum atomic E-state index is -0.711. The predicted octanol–water partition coefficient (Wildman–Crippen LogP) is 6.16. The molecular weight excluding hydrogens is 620 g/mol. The second-order valence-corrected chi connectivity index (χ2v) is 12.9. The average molecular weight is 661 g/mol. The Hall–Kier alpha value is -4.87. The summed E-state index contributed by atoms with van der Waals surface area (Å²) < 4.78 is 15.1. The molecule has 2 fully saturated rings. The number of para-hydroxylation sites is 2. The van der Waals surface area contributed by atoms with Crippen molar-refractivity contribution in [2.45, 2.75) is 57.3 Å². The van der Waals surface area contributed by atoms with E-state index in [2.05, 4.69) is 15.2 Å². The number of amides is 1. The Morgan fingerprint density at radius 2 is 1.63 bits per heavy atom. The van der Waals surface area contributed by atoms with Gasteiger partial charge in [-0.1, -0.05) is 60.7 Å². The van der Waals surface area contributed by atoms with Gasteiger partial charge in [-0.3, -0.25) is 14.2 Å². The Kier molecular flexibility index (Phi) is 9.54. The summed E-state index contributed by atoms with van der Waals surface area (Å²) in [6, 6.07) is 29.8. The fourth-order valence-electron chi connectivity index (χ4n) is 6.96. The standard InChI is InChI=1S/C39H40N4O6/c1-25(45)28-6-5-9-31(21-28)40-37(46)29-7-4-8-30(20-29)38-48-33(22-36(49-38)27-14-12-26(24-44)13-15-27)23-42-18-16-32(17-19-42)43-35-11-3-2-10-34(35)41-39(43)47/h2-15,20-21,32-33,36,38,44H,16-19,22-24H2,1H3,(H,40,46)(H,41,47)/t33-,36+,38?/m0/s1. The maximum Gasteiger partial charge on any atom is 0.326 e. The van der Waals surface area contributed by atoms with Gasteiger partial charge in [0.1, 0.15) is 0 Å². The molecule has 10 heteroatoms. The van der Waals surface area contributed by atoms with Crippen LogP contribution in [0.3, 0.4) is 0 Å². The molecule has 2 saturated heterocycles. The van der Waals surface area contributed by atoms with Gasteiger partial charge in [-0.25, -0.2) is 4.79 Å². The molecule has 0 spiro atoms. The molecule has 5 aromatic rings. The molecule has 1 unspecified atom stereocenters. The first-order chi connectivity index (χ1) is 23.8. The third kappa shape index (κ3) is 7.28. The zero-order valence-corrected chi connectivity index (χ0v) is 27.4. The Morgan fingerprint density at radius 3 is 2.41 bits per heavy atom. The third-order valence-corrected chi connectivity index (χ3v) is 9.57. The number of nitrogens with zero attached hydrogens (tertiary/aromatic N) is 2. The van der Waals surface area contributed by atoms with E-state index in [1.54, 1.807) is 36.4 Å². The second-order valence-electron chi connectivity index (χ2n) is 12.9. The number of aromatic nitrogens is 2. The van der Waals surface area contributed by atoms with Crippen molar-refractivity contribution in [3.63, 3.8) is 0 Å². The Bertz CT molecular complexity index is 2010. The molecule has 2 aliphatic heterocycles. The summed E-state index contributed by atoms with van der Waals surface area (Å²) in [7, 11) is 0. The van der Waals surface area contributed by atoms with E-state index >= 15 is 0 Å². The lowest BCUT2D eigenvalue weighted by Gasteiger charge is -2.40. The Balaban J connectivity index is 1.07. The molecular formula is C39H40N4O6. The van der Waals surface area contributed by atoms with Crippen LogP contribution in [0.25, 0.3) is 11.0 Å². The van der Waals surface area contributed by atoms with E-state index in [0.29, 0.717) is 29.8 Å². The lowest BCUT2D eigenvalue weighted by molar-refractivity contribution is -0.253. The molecule has 0 radical (unpaired) electrons. The maximum atomic E-state index is 13.3. The van der Waals surface area contributed by atoms with Crippen molar-refractivity contribution in [3.8, 4) is 0 Å². The van der Waals surface area contributed by atoms with Crippen molar-refractivity contribution >= 4 is 28.4 Å². The van der Waals surface area contributed by atoms with Crippen molar-refractivity contribution in [2.75, 3.05) is 25.0 Å². The largest absolute Gasteiger partial charge is 0.392 e. The number of fused-ring (bicyclic) bond motifs is 1. The molecule has 7 rings (SSSR count). The van der Waals surface area contributed by atoms with Crippen molar-refractivity contribution in [2.24, 2.45) is 0 Å². The van der Waals surface area contributed by atoms with Gasteiger partial charge in [-0.05, 0) is 67.3 Å². The summed E-state index contributed by atoms with van der Waals surface area (Å²) in [5, 5.41) is 12.5. The molecule has 4 aromatic carbocycles. The minimum Gasteiger partial charge on any atom is -0.392 e. The summed E-state index contributed by atoms with van der Waals surface area (Å²) in [4.78, 5) is 43.3. The molecule has 3 N–H and O–H groups in total. The van der Waals surface area contributed by atoms with E-state index in [0.717, 1.165) is 53.7 Å². The van der Waals surface area contributed by atoms with Crippen LogP contribution < -0.4 is 11.0 Å². The van der Waals surface area contributed by atoms with Crippen LogP contribution in [-0.4, -0.2) is 57.0 Å². The van der Waals surface area contributed by atoms with Gasteiger partial charge >= 0.3 is 5.69 Å². The van der Waals surface area contributed by atoms with E-state index in [4.69, 9.17) is 9.47 Å². The van der Waals surface area contributed by atoms with Crippen LogP contribution in [0.5, 0.6) is 0 Å². The monoisotopic (exact) mass is 660 g/mol. The molecule has 2 aliphatic rings. The highest BCUT2D eigenvalue weighted by atomic mass is 16.7. The van der Waals surface area contributed by atoms with Crippen LogP contribution in [0.1, 0.15) is 82.0 Å². The number of hydrogen-bond acceptors (Lipinski definition) is 7. The number of H-pyrrole nitrogens is 1. The summed E-state index contributed by atoms with van der Waals surface area (Å²) in [5.74, 6) is -0.378. The third-order valence-electron chi connectivity index (χ3n) is 9.57. The molecule has 1 aromatic heterocycles. The number of carbonyl (C=O) groups excluding carboxylic acids is 2. The first-order valence-corrected chi connectivity index (χ1v) is 16.8. The average Bonchev–Trinajstić information content (AvgIpc) is 3.47. The Labute approximate surface area is 284 Å². The number of benzene rings is 4. The number of ether oxygens (including phenoxy) is 2. The normalized spacial score (nSPS) is 20.3. The van der Waals surface area contributed by atoms with Gasteiger partial charge < -0.3 is 29.8 Å². The van der Waals surface area contributed by atoms with Crippen LogP contribution in [0, 0.1) is 0 Å². The van der Waals surface area contributed by atoms with E-state index in [1.807, 2.05) is 65.2 Å². The van der Waals surface area contributed by atoms with Crippen LogP contribution in [0.2, 0.25) is 0 Å². The summed E-state index contributed by atoms with van der Waals surface area (Å²) in [5.41, 5.74) is 5.79. The van der Waals surface area contributed by atoms with E-state index in [1.165, 1.54) is 6.92 Å². The highest BCUT2D eigenvalue weighted by molar-refractivity contribution is 6.05. The van der Waals surface area contributed by atoms with Gasteiger partial charge in [0.15, 0.2) is 12.1 Å². The van der Waals surface area contributed by atoms with E-state index in [9.17, 15) is 19.5 Å². The number of imidazole rings is 1. The molecule has 3 heterocycles. The predicted molar refractivity (Wildman–Crippen MR) is 187 cm³/mol. The number of aromatic amines is 1. The lowest BCUT2D eigenvalue weighted by Crippen LogP contribution is -2.43. The molecule has 49 heavy (non-hydrogen) atoms. The number of aliphatic hydroxyl groups excluding tert-OH is 1. The first-order valence-electron chi connectivity index (χ1n) is 16.8. The molecule has 0 aliphatic carbocycles. The summed E-state index contributed by atoms with van der Waals surface area (Å²) in [6.45, 7) is 3.82. The summed E-state index contributed by atoms with van der Waals surface area (Å²) >= 11 is 0. The molecule has 0 saturated carbocycles. The number of rotatable bonds is 9. The number of hydrogen-bond donors (Lipinski definition) is 3. The molecule has 3 atom stereocenters. The fraction of sp³-hybridized carbons (Fsp3) is 0.308. The first kappa shape index (κ1) is 32.7. The second kappa shape index (κ2) is 14.3. The summed E-state index contributed by atoms with van der Waals surface area (Å²) in [6.07, 6.45) is 1.23. The highest BCUT2D eigenvalue weighted by Crippen LogP contribution is 2.39. The number of ketones is 1. The van der Waals surface area contributed by atoms with Gasteiger partial charge in [0.05, 0.1) is 29.8 Å². The van der Waals surface area contributed by atoms with Crippen molar-refractivity contribution in [1.82, 2.24) is 14.5 Å². The number of Topliss-reactive ketones (excluding diaryl/α,β-unsaturated/α-hetero) is 1. The smallest absolute Gasteiger partial charge is 0.326 e. The highest BCUT2D eigenvalue weighted by Gasteiger charge is 2.34. The van der Waals surface area contributed by atoms with Crippen LogP contribution >= 0.6 is 0 Å². The van der Waals surface area contributed by atoms with Crippen molar-refractivity contribution < 1.29 is 24.2 Å². The number of likely N-dealkylation sites (tertiary alicyclic amines) is 1. The SMILES string of the molecule is CC(=O)c1cccc(NC(=O)c2cccc(C3O[C@H](CN4CCC(n5c(=O)[nH]c6ccccc65)CC4)C[C@H](c4ccc(CO)cc4)O3)c2)c1. The van der Waals surface area contributed by atoms with Crippen molar-refractivity contribution in [1.29, 1.82) is 0 Å². The van der Waals surface area contributed by atoms with Crippen LogP contribution in [0.4, 0.5) is 5.69 Å². The topological polar surface area (TPSA) is 126 Å². The molecule has 10 nitrogen and oxygen atoms in total. The molecule has 1 amide bonds. The zero-order valence-electron chi connectivity index (χ0n) is 27.4. The molecule has 252 valence electrons. The van der Waals surface area contributed by atoms with Crippen molar-refractivity contribution in [3.05, 3.63) is 135 Å². The lowest BCUT2D eigenvalue weighted by atomic mass is 9.98. The number of anilines is 1. The Morgan fingerprint density at radius 1 is 0.878 bits per heavy atom. The van der Waals surface area contributed by atoms with Crippen LogP contribution in [-0.2, 0) is 16.1 Å². The van der Waals surface area contributed by atoms with E-state index in [-0.39, 0.29) is 42.2 Å². The maximum absolute atomic E-state index is 13.3. The van der Waals surface area contributed by atoms with Gasteiger partial charge in [-0.15, -0.1) is 0 Å². The number of aliphatic hydroxyl groups is 1. The van der Waals surface area contributed by atoms with Gasteiger partial charge in [0.25, 0.3) is 5.91 Å². The van der Waals surface area contributed by atoms with Gasteiger partial charge in [0, 0.05) is 54.5 Å². The molecule has 0 bridgehead atoms. The van der Waals surface area contributed by atoms with Gasteiger partial charge in [0.2, 0.25) is 0 Å².